The van der Waals surface area contributed by atoms with E-state index in [1.165, 1.54) is 25.3 Å². The fourth-order valence-corrected chi connectivity index (χ4v) is 3.19. The van der Waals surface area contributed by atoms with Crippen LogP contribution in [0, 0.1) is 11.8 Å². The van der Waals surface area contributed by atoms with E-state index in [1.807, 2.05) is 0 Å². The third-order valence-corrected chi connectivity index (χ3v) is 4.79. The first-order valence-corrected chi connectivity index (χ1v) is 8.64. The first-order valence-electron chi connectivity index (χ1n) is 8.64. The number of rotatable bonds is 7. The lowest BCUT2D eigenvalue weighted by molar-refractivity contribution is -0.126. The van der Waals surface area contributed by atoms with Gasteiger partial charge in [0.05, 0.1) is 7.11 Å². The molecule has 0 atom stereocenters. The Morgan fingerprint density at radius 2 is 1.84 bits per heavy atom. The number of hydrogen-bond acceptors (Lipinski definition) is 4. The van der Waals surface area contributed by atoms with Crippen molar-refractivity contribution in [2.75, 3.05) is 12.4 Å². The van der Waals surface area contributed by atoms with E-state index >= 15 is 0 Å². The highest BCUT2D eigenvalue weighted by atomic mass is 16.5. The van der Waals surface area contributed by atoms with Crippen LogP contribution in [0.15, 0.2) is 18.2 Å². The Hall–Kier alpha value is -2.37. The van der Waals surface area contributed by atoms with Crippen molar-refractivity contribution in [2.45, 2.75) is 45.4 Å². The second-order valence-electron chi connectivity index (χ2n) is 6.69. The first kappa shape index (κ1) is 19.0. The molecule has 2 rings (SSSR count). The van der Waals surface area contributed by atoms with Gasteiger partial charge in [-0.3, -0.25) is 9.59 Å². The van der Waals surface area contributed by atoms with Crippen LogP contribution in [0.3, 0.4) is 0 Å². The standard InChI is InChI=1S/C19H25NO5/c1-12-3-5-13(6-4-12)16(21)9-10-18(22)20-14-7-8-15(19(23)24)17(11-14)25-2/h7-8,11-13H,3-6,9-10H2,1-2H3,(H,20,22)(H,23,24). The van der Waals surface area contributed by atoms with Crippen molar-refractivity contribution in [3.63, 3.8) is 0 Å². The Morgan fingerprint density at radius 1 is 1.16 bits per heavy atom. The van der Waals surface area contributed by atoms with Crippen LogP contribution in [0.4, 0.5) is 5.69 Å². The summed E-state index contributed by atoms with van der Waals surface area (Å²) in [5, 5.41) is 11.7. The highest BCUT2D eigenvalue weighted by molar-refractivity contribution is 5.96. The van der Waals surface area contributed by atoms with Crippen LogP contribution in [0.25, 0.3) is 0 Å². The molecule has 1 aromatic carbocycles. The second-order valence-corrected chi connectivity index (χ2v) is 6.69. The summed E-state index contributed by atoms with van der Waals surface area (Å²) in [6.45, 7) is 2.21. The molecule has 1 aliphatic carbocycles. The molecule has 1 fully saturated rings. The number of carboxylic acid groups (broad SMARTS) is 1. The van der Waals surface area contributed by atoms with Gasteiger partial charge in [0.2, 0.25) is 5.91 Å². The Labute approximate surface area is 147 Å². The number of Topliss-reactive ketones (excluding diaryl/α,β-unsaturated/α-hetero) is 1. The van der Waals surface area contributed by atoms with Gasteiger partial charge in [0.1, 0.15) is 17.1 Å². The number of ether oxygens (including phenoxy) is 1. The number of amides is 1. The fourth-order valence-electron chi connectivity index (χ4n) is 3.19. The molecular weight excluding hydrogens is 322 g/mol. The van der Waals surface area contributed by atoms with Crippen molar-refractivity contribution in [3.05, 3.63) is 23.8 Å². The number of carboxylic acids is 1. The lowest BCUT2D eigenvalue weighted by Crippen LogP contribution is -2.22. The molecule has 1 aromatic rings. The molecule has 0 unspecified atom stereocenters. The van der Waals surface area contributed by atoms with Gasteiger partial charge in [0.25, 0.3) is 0 Å². The molecule has 0 spiro atoms. The van der Waals surface area contributed by atoms with Crippen LogP contribution in [0.1, 0.15) is 55.8 Å². The van der Waals surface area contributed by atoms with Crippen LogP contribution >= 0.6 is 0 Å². The average molecular weight is 347 g/mol. The molecular formula is C19H25NO5. The van der Waals surface area contributed by atoms with E-state index in [9.17, 15) is 14.4 Å². The van der Waals surface area contributed by atoms with Crippen LogP contribution in [-0.2, 0) is 9.59 Å². The third kappa shape index (κ3) is 5.31. The summed E-state index contributed by atoms with van der Waals surface area (Å²) in [6, 6.07) is 4.35. The van der Waals surface area contributed by atoms with Gasteiger partial charge in [-0.15, -0.1) is 0 Å². The van der Waals surface area contributed by atoms with Gasteiger partial charge in [-0.25, -0.2) is 4.79 Å². The second kappa shape index (κ2) is 8.65. The monoisotopic (exact) mass is 347 g/mol. The maximum atomic E-state index is 12.2. The third-order valence-electron chi connectivity index (χ3n) is 4.79. The van der Waals surface area contributed by atoms with E-state index in [0.29, 0.717) is 11.6 Å². The maximum Gasteiger partial charge on any atom is 0.339 e. The van der Waals surface area contributed by atoms with Crippen LogP contribution in [-0.4, -0.2) is 29.9 Å². The van der Waals surface area contributed by atoms with Crippen molar-refractivity contribution in [3.8, 4) is 5.75 Å². The van der Waals surface area contributed by atoms with E-state index in [0.717, 1.165) is 25.7 Å². The largest absolute Gasteiger partial charge is 0.496 e. The van der Waals surface area contributed by atoms with Crippen molar-refractivity contribution in [1.82, 2.24) is 0 Å². The van der Waals surface area contributed by atoms with E-state index in [2.05, 4.69) is 12.2 Å². The summed E-state index contributed by atoms with van der Waals surface area (Å²) in [6.07, 6.45) is 4.39. The SMILES string of the molecule is COc1cc(NC(=O)CCC(=O)C2CCC(C)CC2)ccc1C(=O)O. The molecule has 0 bridgehead atoms. The van der Waals surface area contributed by atoms with E-state index in [-0.39, 0.29) is 41.8 Å². The molecule has 1 aliphatic rings. The highest BCUT2D eigenvalue weighted by Gasteiger charge is 2.24. The topological polar surface area (TPSA) is 92.7 Å². The Balaban J connectivity index is 1.86. The van der Waals surface area contributed by atoms with Gasteiger partial charge in [-0.2, -0.15) is 0 Å². The average Bonchev–Trinajstić information content (AvgIpc) is 2.60. The van der Waals surface area contributed by atoms with Crippen molar-refractivity contribution in [2.24, 2.45) is 11.8 Å². The van der Waals surface area contributed by atoms with Crippen LogP contribution < -0.4 is 10.1 Å². The van der Waals surface area contributed by atoms with Gasteiger partial charge in [0.15, 0.2) is 0 Å². The number of benzene rings is 1. The normalized spacial score (nSPS) is 19.9. The van der Waals surface area contributed by atoms with Gasteiger partial charge in [0, 0.05) is 30.5 Å². The van der Waals surface area contributed by atoms with E-state index in [1.54, 1.807) is 0 Å². The highest BCUT2D eigenvalue weighted by Crippen LogP contribution is 2.30. The maximum absolute atomic E-state index is 12.2. The van der Waals surface area contributed by atoms with Gasteiger partial charge in [-0.05, 0) is 30.9 Å². The fraction of sp³-hybridized carbons (Fsp3) is 0.526. The molecule has 1 saturated carbocycles. The molecule has 0 aliphatic heterocycles. The van der Waals surface area contributed by atoms with Crippen molar-refractivity contribution >= 4 is 23.3 Å². The minimum Gasteiger partial charge on any atom is -0.496 e. The number of hydrogen-bond donors (Lipinski definition) is 2. The Bertz CT molecular complexity index is 647. The summed E-state index contributed by atoms with van der Waals surface area (Å²) in [7, 11) is 1.37. The number of aromatic carboxylic acids is 1. The molecule has 0 saturated heterocycles. The van der Waals surface area contributed by atoms with Crippen molar-refractivity contribution in [1.29, 1.82) is 0 Å². The van der Waals surface area contributed by atoms with Crippen LogP contribution in [0.2, 0.25) is 0 Å². The lowest BCUT2D eigenvalue weighted by atomic mass is 9.80. The zero-order chi connectivity index (χ0) is 18.4. The van der Waals surface area contributed by atoms with Gasteiger partial charge < -0.3 is 15.2 Å². The van der Waals surface area contributed by atoms with E-state index in [4.69, 9.17) is 9.84 Å². The molecule has 0 aromatic heterocycles. The number of anilines is 1. The van der Waals surface area contributed by atoms with Gasteiger partial charge in [-0.1, -0.05) is 19.8 Å². The molecule has 6 heteroatoms. The van der Waals surface area contributed by atoms with Crippen LogP contribution in [0.5, 0.6) is 5.75 Å². The van der Waals surface area contributed by atoms with E-state index < -0.39 is 5.97 Å². The Kier molecular flexibility index (Phi) is 6.56. The number of carbonyl (C=O) groups excluding carboxylic acids is 2. The zero-order valence-electron chi connectivity index (χ0n) is 14.7. The smallest absolute Gasteiger partial charge is 0.339 e. The number of ketones is 1. The number of methoxy groups -OCH3 is 1. The minimum atomic E-state index is -1.10. The lowest BCUT2D eigenvalue weighted by Gasteiger charge is -2.24. The molecule has 0 heterocycles. The quantitative estimate of drug-likeness (QED) is 0.787. The van der Waals surface area contributed by atoms with Crippen molar-refractivity contribution < 1.29 is 24.2 Å². The molecule has 0 radical (unpaired) electrons. The summed E-state index contributed by atoms with van der Waals surface area (Å²) in [4.78, 5) is 35.3. The predicted molar refractivity (Wildman–Crippen MR) is 93.9 cm³/mol. The molecule has 1 amide bonds. The summed E-state index contributed by atoms with van der Waals surface area (Å²) >= 11 is 0. The Morgan fingerprint density at radius 3 is 2.44 bits per heavy atom. The molecule has 25 heavy (non-hydrogen) atoms. The molecule has 6 nitrogen and oxygen atoms in total. The molecule has 2 N–H and O–H groups in total. The number of nitrogens with one attached hydrogen (secondary N) is 1. The zero-order valence-corrected chi connectivity index (χ0v) is 14.7. The summed E-state index contributed by atoms with van der Waals surface area (Å²) in [5.41, 5.74) is 0.480. The summed E-state index contributed by atoms with van der Waals surface area (Å²) in [5.74, 6) is -0.224. The van der Waals surface area contributed by atoms with Gasteiger partial charge >= 0.3 is 5.97 Å². The number of carbonyl (C=O) groups is 3. The molecule has 136 valence electrons. The summed E-state index contributed by atoms with van der Waals surface area (Å²) < 4.78 is 5.03. The first-order chi connectivity index (χ1) is 11.9. The predicted octanol–water partition coefficient (Wildman–Crippen LogP) is 3.51. The minimum absolute atomic E-state index is 0.0298.